The maximum Gasteiger partial charge on any atom is 0.0345 e. The van der Waals surface area contributed by atoms with Crippen molar-refractivity contribution in [1.82, 2.24) is 5.32 Å². The topological polar surface area (TPSA) is 12.0 Å². The van der Waals surface area contributed by atoms with E-state index in [2.05, 4.69) is 35.8 Å². The molecule has 0 saturated heterocycles. The van der Waals surface area contributed by atoms with Gasteiger partial charge in [0.15, 0.2) is 0 Å². The van der Waals surface area contributed by atoms with Crippen molar-refractivity contribution >= 4 is 21.4 Å². The number of thiophene rings is 1. The molecule has 2 rings (SSSR count). The molecule has 2 heteroatoms. The molecule has 0 aliphatic heterocycles. The van der Waals surface area contributed by atoms with Gasteiger partial charge in [-0.1, -0.05) is 12.1 Å². The van der Waals surface area contributed by atoms with Crippen molar-refractivity contribution in [1.29, 1.82) is 0 Å². The van der Waals surface area contributed by atoms with Crippen molar-refractivity contribution in [3.63, 3.8) is 0 Å². The molecule has 0 spiro atoms. The van der Waals surface area contributed by atoms with Crippen LogP contribution in [-0.4, -0.2) is 13.6 Å². The molecule has 0 aliphatic carbocycles. The largest absolute Gasteiger partial charge is 0.320 e. The van der Waals surface area contributed by atoms with Gasteiger partial charge in [-0.3, -0.25) is 0 Å². The smallest absolute Gasteiger partial charge is 0.0345 e. The van der Waals surface area contributed by atoms with Crippen molar-refractivity contribution in [3.05, 3.63) is 34.7 Å². The summed E-state index contributed by atoms with van der Waals surface area (Å²) in [5.41, 5.74) is 2.87. The zero-order valence-corrected chi connectivity index (χ0v) is 10.2. The Balaban J connectivity index is 2.18. The lowest BCUT2D eigenvalue weighted by Gasteiger charge is -2.02. The third kappa shape index (κ3) is 2.39. The van der Waals surface area contributed by atoms with Gasteiger partial charge in [0.2, 0.25) is 0 Å². The van der Waals surface area contributed by atoms with Crippen molar-refractivity contribution in [3.8, 4) is 0 Å². The van der Waals surface area contributed by atoms with Gasteiger partial charge in [-0.2, -0.15) is 0 Å². The van der Waals surface area contributed by atoms with Gasteiger partial charge in [0.1, 0.15) is 0 Å². The Morgan fingerprint density at radius 2 is 2.20 bits per heavy atom. The summed E-state index contributed by atoms with van der Waals surface area (Å²) >= 11 is 1.84. The second-order valence-electron chi connectivity index (χ2n) is 3.96. The van der Waals surface area contributed by atoms with E-state index in [1.807, 2.05) is 18.4 Å². The first-order valence-corrected chi connectivity index (χ1v) is 6.30. The first kappa shape index (κ1) is 10.7. The number of aryl methyl sites for hydroxylation is 2. The minimum absolute atomic E-state index is 1.10. The summed E-state index contributed by atoms with van der Waals surface area (Å²) in [6.07, 6.45) is 2.39. The predicted molar refractivity (Wildman–Crippen MR) is 68.8 cm³/mol. The van der Waals surface area contributed by atoms with Crippen LogP contribution in [0.4, 0.5) is 0 Å². The lowest BCUT2D eigenvalue weighted by atomic mass is 10.1. The van der Waals surface area contributed by atoms with Gasteiger partial charge in [-0.25, -0.2) is 0 Å². The molecule has 1 heterocycles. The Kier molecular flexibility index (Phi) is 3.39. The lowest BCUT2D eigenvalue weighted by Crippen LogP contribution is -2.08. The van der Waals surface area contributed by atoms with Crippen LogP contribution in [0.3, 0.4) is 0 Å². The van der Waals surface area contributed by atoms with E-state index in [0.717, 1.165) is 6.54 Å². The van der Waals surface area contributed by atoms with Gasteiger partial charge < -0.3 is 5.32 Å². The normalized spacial score (nSPS) is 11.1. The van der Waals surface area contributed by atoms with Gasteiger partial charge in [-0.05, 0) is 61.3 Å². The lowest BCUT2D eigenvalue weighted by molar-refractivity contribution is 0.725. The standard InChI is InChI=1S/C13H17NS/c1-10-9-15-13-6-5-11(8-12(10)13)4-3-7-14-2/h5-6,8-9,14H,3-4,7H2,1-2H3. The fraction of sp³-hybridized carbons (Fsp3) is 0.385. The number of benzene rings is 1. The fourth-order valence-corrected chi connectivity index (χ4v) is 2.75. The summed E-state index contributed by atoms with van der Waals surface area (Å²) in [6, 6.07) is 6.85. The molecular formula is C13H17NS. The van der Waals surface area contributed by atoms with Crippen LogP contribution >= 0.6 is 11.3 Å². The van der Waals surface area contributed by atoms with Crippen LogP contribution in [0.25, 0.3) is 10.1 Å². The van der Waals surface area contributed by atoms with Crippen LogP contribution in [0.2, 0.25) is 0 Å². The average molecular weight is 219 g/mol. The van der Waals surface area contributed by atoms with E-state index in [0.29, 0.717) is 0 Å². The van der Waals surface area contributed by atoms with E-state index < -0.39 is 0 Å². The monoisotopic (exact) mass is 219 g/mol. The predicted octanol–water partition coefficient (Wildman–Crippen LogP) is 3.36. The molecule has 0 saturated carbocycles. The molecule has 1 N–H and O–H groups in total. The molecule has 0 aliphatic rings. The minimum atomic E-state index is 1.10. The number of fused-ring (bicyclic) bond motifs is 1. The highest BCUT2D eigenvalue weighted by molar-refractivity contribution is 7.17. The van der Waals surface area contributed by atoms with Gasteiger partial charge in [-0.15, -0.1) is 11.3 Å². The summed E-state index contributed by atoms with van der Waals surface area (Å²) in [5, 5.41) is 6.85. The van der Waals surface area contributed by atoms with Gasteiger partial charge in [0, 0.05) is 4.70 Å². The highest BCUT2D eigenvalue weighted by atomic mass is 32.1. The van der Waals surface area contributed by atoms with E-state index in [1.54, 1.807) is 0 Å². The Morgan fingerprint density at radius 1 is 1.33 bits per heavy atom. The molecule has 80 valence electrons. The Bertz CT molecular complexity index is 445. The summed E-state index contributed by atoms with van der Waals surface area (Å²) in [7, 11) is 2.01. The summed E-state index contributed by atoms with van der Waals surface area (Å²) in [6.45, 7) is 3.29. The van der Waals surface area contributed by atoms with Gasteiger partial charge in [0.05, 0.1) is 0 Å². The van der Waals surface area contributed by atoms with Crippen molar-refractivity contribution < 1.29 is 0 Å². The molecule has 0 atom stereocenters. The molecule has 0 amide bonds. The molecule has 0 unspecified atom stereocenters. The molecule has 1 nitrogen and oxygen atoms in total. The van der Waals surface area contributed by atoms with Crippen molar-refractivity contribution in [2.75, 3.05) is 13.6 Å². The third-order valence-corrected chi connectivity index (χ3v) is 3.81. The van der Waals surface area contributed by atoms with E-state index in [1.165, 1.54) is 34.1 Å². The Hall–Kier alpha value is -0.860. The van der Waals surface area contributed by atoms with Crippen LogP contribution in [0.5, 0.6) is 0 Å². The molecular weight excluding hydrogens is 202 g/mol. The zero-order valence-electron chi connectivity index (χ0n) is 9.34. The molecule has 1 aromatic heterocycles. The molecule has 0 radical (unpaired) electrons. The van der Waals surface area contributed by atoms with Crippen molar-refractivity contribution in [2.24, 2.45) is 0 Å². The second-order valence-corrected chi connectivity index (χ2v) is 4.87. The van der Waals surface area contributed by atoms with Crippen LogP contribution < -0.4 is 5.32 Å². The van der Waals surface area contributed by atoms with E-state index >= 15 is 0 Å². The average Bonchev–Trinajstić information content (AvgIpc) is 2.61. The first-order chi connectivity index (χ1) is 7.31. The molecule has 0 bridgehead atoms. The molecule has 15 heavy (non-hydrogen) atoms. The SMILES string of the molecule is CNCCCc1ccc2scc(C)c2c1. The number of rotatable bonds is 4. The highest BCUT2D eigenvalue weighted by Crippen LogP contribution is 2.26. The molecule has 0 fully saturated rings. The number of hydrogen-bond acceptors (Lipinski definition) is 2. The van der Waals surface area contributed by atoms with E-state index in [-0.39, 0.29) is 0 Å². The summed E-state index contributed by atoms with van der Waals surface area (Å²) < 4.78 is 1.41. The first-order valence-electron chi connectivity index (χ1n) is 5.42. The van der Waals surface area contributed by atoms with E-state index in [9.17, 15) is 0 Å². The number of nitrogens with one attached hydrogen (secondary N) is 1. The summed E-state index contributed by atoms with van der Waals surface area (Å²) in [5.74, 6) is 0. The quantitative estimate of drug-likeness (QED) is 0.777. The minimum Gasteiger partial charge on any atom is -0.320 e. The van der Waals surface area contributed by atoms with Gasteiger partial charge in [0.25, 0.3) is 0 Å². The second kappa shape index (κ2) is 4.77. The van der Waals surface area contributed by atoms with Crippen LogP contribution in [0.1, 0.15) is 17.5 Å². The molecule has 1 aromatic carbocycles. The Labute approximate surface area is 95.1 Å². The molecule has 2 aromatic rings. The van der Waals surface area contributed by atoms with E-state index in [4.69, 9.17) is 0 Å². The fourth-order valence-electron chi connectivity index (χ4n) is 1.83. The third-order valence-electron chi connectivity index (χ3n) is 2.72. The van der Waals surface area contributed by atoms with Gasteiger partial charge >= 0.3 is 0 Å². The maximum atomic E-state index is 3.18. The highest BCUT2D eigenvalue weighted by Gasteiger charge is 2.01. The van der Waals surface area contributed by atoms with Crippen LogP contribution in [0.15, 0.2) is 23.6 Å². The van der Waals surface area contributed by atoms with Crippen LogP contribution in [0, 0.1) is 6.92 Å². The number of hydrogen-bond donors (Lipinski definition) is 1. The Morgan fingerprint density at radius 3 is 3.00 bits per heavy atom. The summed E-state index contributed by atoms with van der Waals surface area (Å²) in [4.78, 5) is 0. The van der Waals surface area contributed by atoms with Crippen molar-refractivity contribution in [2.45, 2.75) is 19.8 Å². The maximum absolute atomic E-state index is 3.18. The van der Waals surface area contributed by atoms with Crippen LogP contribution in [-0.2, 0) is 6.42 Å². The zero-order chi connectivity index (χ0) is 10.7.